The van der Waals surface area contributed by atoms with Gasteiger partial charge in [0.1, 0.15) is 11.5 Å². The second kappa shape index (κ2) is 2.57. The highest BCUT2D eigenvalue weighted by molar-refractivity contribution is 9.15. The number of hydrogen-bond donors (Lipinski definition) is 0. The zero-order valence-electron chi connectivity index (χ0n) is 5.51. The summed E-state index contributed by atoms with van der Waals surface area (Å²) in [6.07, 6.45) is 4.34. The molecule has 0 saturated carbocycles. The van der Waals surface area contributed by atoms with Crippen molar-refractivity contribution in [2.45, 2.75) is 6.42 Å². The van der Waals surface area contributed by atoms with Crippen LogP contribution in [0.25, 0.3) is 4.48 Å². The molecular formula is C7H4BrClN2. The van der Waals surface area contributed by atoms with E-state index in [2.05, 4.69) is 25.9 Å². The smallest absolute Gasteiger partial charge is 0.136 e. The maximum absolute atomic E-state index is 5.83. The van der Waals surface area contributed by atoms with Crippen LogP contribution in [0.4, 0.5) is 0 Å². The first-order chi connectivity index (χ1) is 5.29. The number of halogens is 2. The summed E-state index contributed by atoms with van der Waals surface area (Å²) in [5.41, 5.74) is 1.94. The van der Waals surface area contributed by atoms with E-state index in [0.29, 0.717) is 5.15 Å². The molecule has 0 atom stereocenters. The number of hydrogen-bond acceptors (Lipinski definition) is 2. The van der Waals surface area contributed by atoms with Crippen molar-refractivity contribution in [3.05, 3.63) is 28.8 Å². The standard InChI is InChI=1S/C7H4BrClN2/c8-5-2-1-4-6(5)10-3-11-7(4)9/h2-3H,1H2. The Kier molecular flexibility index (Phi) is 1.69. The number of rotatable bonds is 0. The largest absolute Gasteiger partial charge is 0.235 e. The first-order valence-electron chi connectivity index (χ1n) is 3.14. The summed E-state index contributed by atoms with van der Waals surface area (Å²) in [6.45, 7) is 0. The predicted octanol–water partition coefficient (Wildman–Crippen LogP) is 2.42. The molecule has 0 spiro atoms. The lowest BCUT2D eigenvalue weighted by Crippen LogP contribution is -1.90. The monoisotopic (exact) mass is 230 g/mol. The fourth-order valence-electron chi connectivity index (χ4n) is 1.07. The van der Waals surface area contributed by atoms with Crippen LogP contribution in [0.1, 0.15) is 11.3 Å². The first kappa shape index (κ1) is 7.25. The van der Waals surface area contributed by atoms with Gasteiger partial charge in [0.25, 0.3) is 0 Å². The molecule has 56 valence electrons. The molecule has 11 heavy (non-hydrogen) atoms. The quantitative estimate of drug-likeness (QED) is 0.641. The van der Waals surface area contributed by atoms with Gasteiger partial charge in [-0.1, -0.05) is 17.7 Å². The van der Waals surface area contributed by atoms with Crippen molar-refractivity contribution in [3.8, 4) is 0 Å². The molecule has 2 nitrogen and oxygen atoms in total. The van der Waals surface area contributed by atoms with Gasteiger partial charge in [0.05, 0.1) is 5.69 Å². The summed E-state index contributed by atoms with van der Waals surface area (Å²) < 4.78 is 1.01. The Bertz CT molecular complexity index is 335. The average Bonchev–Trinajstić information content (AvgIpc) is 2.35. The van der Waals surface area contributed by atoms with Gasteiger partial charge >= 0.3 is 0 Å². The molecule has 0 saturated heterocycles. The summed E-state index contributed by atoms with van der Waals surface area (Å²) in [4.78, 5) is 7.98. The van der Waals surface area contributed by atoms with Crippen LogP contribution in [0, 0.1) is 0 Å². The number of fused-ring (bicyclic) bond motifs is 1. The Labute approximate surface area is 77.4 Å². The average molecular weight is 231 g/mol. The molecule has 4 heteroatoms. The van der Waals surface area contributed by atoms with Crippen LogP contribution in [0.5, 0.6) is 0 Å². The van der Waals surface area contributed by atoms with Crippen LogP contribution in [-0.2, 0) is 6.42 Å². The molecule has 1 heterocycles. The van der Waals surface area contributed by atoms with E-state index in [1.54, 1.807) is 0 Å². The fraction of sp³-hybridized carbons (Fsp3) is 0.143. The SMILES string of the molecule is Clc1ncnc2c1CC=C2Br. The lowest BCUT2D eigenvalue weighted by atomic mass is 10.2. The third-order valence-electron chi connectivity index (χ3n) is 1.60. The van der Waals surface area contributed by atoms with Crippen molar-refractivity contribution < 1.29 is 0 Å². The second-order valence-electron chi connectivity index (χ2n) is 2.25. The van der Waals surface area contributed by atoms with Gasteiger partial charge in [-0.25, -0.2) is 9.97 Å². The summed E-state index contributed by atoms with van der Waals surface area (Å²) in [7, 11) is 0. The number of aromatic nitrogens is 2. The van der Waals surface area contributed by atoms with Gasteiger partial charge in [0, 0.05) is 10.0 Å². The molecule has 0 radical (unpaired) electrons. The van der Waals surface area contributed by atoms with Gasteiger partial charge < -0.3 is 0 Å². The van der Waals surface area contributed by atoms with Crippen LogP contribution in [-0.4, -0.2) is 9.97 Å². The van der Waals surface area contributed by atoms with Crippen LogP contribution >= 0.6 is 27.5 Å². The van der Waals surface area contributed by atoms with Crippen LogP contribution in [0.15, 0.2) is 12.4 Å². The Morgan fingerprint density at radius 2 is 2.27 bits per heavy atom. The third-order valence-corrected chi connectivity index (χ3v) is 2.63. The van der Waals surface area contributed by atoms with Gasteiger partial charge in [0.2, 0.25) is 0 Å². The van der Waals surface area contributed by atoms with Crippen molar-refractivity contribution in [3.63, 3.8) is 0 Å². The predicted molar refractivity (Wildman–Crippen MR) is 47.7 cm³/mol. The molecule has 0 unspecified atom stereocenters. The summed E-state index contributed by atoms with van der Waals surface area (Å²) in [5.74, 6) is 0. The summed E-state index contributed by atoms with van der Waals surface area (Å²) >= 11 is 9.21. The lowest BCUT2D eigenvalue weighted by Gasteiger charge is -1.98. The highest BCUT2D eigenvalue weighted by Gasteiger charge is 2.16. The molecule has 0 amide bonds. The van der Waals surface area contributed by atoms with Gasteiger partial charge in [-0.15, -0.1) is 0 Å². The molecule has 0 aromatic carbocycles. The normalized spacial score (nSPS) is 14.5. The van der Waals surface area contributed by atoms with E-state index in [-0.39, 0.29) is 0 Å². The molecule has 0 N–H and O–H groups in total. The molecule has 1 aliphatic carbocycles. The molecule has 2 rings (SSSR count). The Morgan fingerprint density at radius 1 is 1.45 bits per heavy atom. The zero-order chi connectivity index (χ0) is 7.84. The maximum Gasteiger partial charge on any atom is 0.136 e. The minimum atomic E-state index is 0.556. The van der Waals surface area contributed by atoms with E-state index in [1.165, 1.54) is 6.33 Å². The Morgan fingerprint density at radius 3 is 3.00 bits per heavy atom. The minimum absolute atomic E-state index is 0.556. The van der Waals surface area contributed by atoms with Crippen molar-refractivity contribution in [2.24, 2.45) is 0 Å². The van der Waals surface area contributed by atoms with Gasteiger partial charge in [-0.2, -0.15) is 0 Å². The van der Waals surface area contributed by atoms with Crippen molar-refractivity contribution >= 4 is 32.0 Å². The molecule has 1 aliphatic rings. The van der Waals surface area contributed by atoms with E-state index in [0.717, 1.165) is 22.2 Å². The molecular weight excluding hydrogens is 227 g/mol. The van der Waals surface area contributed by atoms with E-state index in [9.17, 15) is 0 Å². The Balaban J connectivity index is 2.64. The fourth-order valence-corrected chi connectivity index (χ4v) is 1.78. The van der Waals surface area contributed by atoms with Gasteiger partial charge in [0.15, 0.2) is 0 Å². The maximum atomic E-state index is 5.83. The summed E-state index contributed by atoms with van der Waals surface area (Å²) in [6, 6.07) is 0. The van der Waals surface area contributed by atoms with Crippen LogP contribution < -0.4 is 0 Å². The molecule has 0 aliphatic heterocycles. The number of allylic oxidation sites excluding steroid dienone is 1. The Hall–Kier alpha value is -0.410. The molecule has 1 aromatic heterocycles. The zero-order valence-corrected chi connectivity index (χ0v) is 7.85. The van der Waals surface area contributed by atoms with E-state index in [1.807, 2.05) is 6.08 Å². The van der Waals surface area contributed by atoms with E-state index >= 15 is 0 Å². The minimum Gasteiger partial charge on any atom is -0.235 e. The second-order valence-corrected chi connectivity index (χ2v) is 3.46. The van der Waals surface area contributed by atoms with Crippen LogP contribution in [0.3, 0.4) is 0 Å². The van der Waals surface area contributed by atoms with Crippen molar-refractivity contribution in [2.75, 3.05) is 0 Å². The highest BCUT2D eigenvalue weighted by atomic mass is 79.9. The molecule has 1 aromatic rings. The van der Waals surface area contributed by atoms with E-state index in [4.69, 9.17) is 11.6 Å². The lowest BCUT2D eigenvalue weighted by molar-refractivity contribution is 1.10. The third kappa shape index (κ3) is 1.08. The van der Waals surface area contributed by atoms with Crippen LogP contribution in [0.2, 0.25) is 5.15 Å². The summed E-state index contributed by atoms with van der Waals surface area (Å²) in [5, 5.41) is 0.556. The topological polar surface area (TPSA) is 25.8 Å². The highest BCUT2D eigenvalue weighted by Crippen LogP contribution is 2.32. The number of nitrogens with zero attached hydrogens (tertiary/aromatic N) is 2. The molecule has 0 bridgehead atoms. The van der Waals surface area contributed by atoms with Crippen molar-refractivity contribution in [1.29, 1.82) is 0 Å². The van der Waals surface area contributed by atoms with Gasteiger partial charge in [-0.05, 0) is 22.4 Å². The first-order valence-corrected chi connectivity index (χ1v) is 4.31. The van der Waals surface area contributed by atoms with Gasteiger partial charge in [-0.3, -0.25) is 0 Å². The van der Waals surface area contributed by atoms with Crippen molar-refractivity contribution in [1.82, 2.24) is 9.97 Å². The molecule has 0 fully saturated rings. The van der Waals surface area contributed by atoms with E-state index < -0.39 is 0 Å².